The van der Waals surface area contributed by atoms with Crippen LogP contribution < -0.4 is 19.5 Å². The Bertz CT molecular complexity index is 936. The Labute approximate surface area is 174 Å². The minimum atomic E-state index is -0.262. The van der Waals surface area contributed by atoms with E-state index in [1.165, 1.54) is 0 Å². The van der Waals surface area contributed by atoms with Crippen LogP contribution in [0.4, 0.5) is 0 Å². The van der Waals surface area contributed by atoms with Crippen LogP contribution in [0.25, 0.3) is 6.08 Å². The molecule has 1 aliphatic rings. The van der Waals surface area contributed by atoms with Crippen LogP contribution in [0.3, 0.4) is 0 Å². The van der Waals surface area contributed by atoms with Gasteiger partial charge in [0.2, 0.25) is 0 Å². The molecule has 0 unspecified atom stereocenters. The van der Waals surface area contributed by atoms with E-state index in [2.05, 4.69) is 11.4 Å². The maximum atomic E-state index is 11.8. The fourth-order valence-corrected chi connectivity index (χ4v) is 3.62. The lowest BCUT2D eigenvalue weighted by molar-refractivity contribution is -0.115. The molecule has 0 spiro atoms. The number of amides is 1. The standard InChI is InChI=1S/C22H24N2O4S/c1-4-26-19-12-16(13-20-21(25)24-22(23)29-20)5-6-18(19)28-8-7-27-17-10-14(2)9-15(3)11-17/h5-6,9-13H,4,7-8H2,1-3H3,(H2,23,24,25). The smallest absolute Gasteiger partial charge is 0.264 e. The van der Waals surface area contributed by atoms with Gasteiger partial charge in [-0.05, 0) is 79.6 Å². The van der Waals surface area contributed by atoms with E-state index in [1.54, 1.807) is 6.08 Å². The summed E-state index contributed by atoms with van der Waals surface area (Å²) in [5, 5.41) is 10.1. The predicted octanol–water partition coefficient (Wildman–Crippen LogP) is 4.30. The molecule has 6 nitrogen and oxygen atoms in total. The number of benzene rings is 2. The fraction of sp³-hybridized carbons (Fsp3) is 0.273. The van der Waals surface area contributed by atoms with Gasteiger partial charge in [0.05, 0.1) is 11.5 Å². The third-order valence-corrected chi connectivity index (χ3v) is 4.86. The van der Waals surface area contributed by atoms with E-state index in [0.29, 0.717) is 36.2 Å². The number of carbonyl (C=O) groups excluding carboxylic acids is 1. The summed E-state index contributed by atoms with van der Waals surface area (Å²) < 4.78 is 17.3. The number of ether oxygens (including phenoxy) is 3. The second-order valence-electron chi connectivity index (χ2n) is 6.55. The van der Waals surface area contributed by atoms with Crippen molar-refractivity contribution in [3.63, 3.8) is 0 Å². The third-order valence-electron chi connectivity index (χ3n) is 4.03. The highest BCUT2D eigenvalue weighted by Crippen LogP contribution is 2.31. The normalized spacial score (nSPS) is 14.8. The van der Waals surface area contributed by atoms with Crippen LogP contribution in [0.1, 0.15) is 23.6 Å². The van der Waals surface area contributed by atoms with Gasteiger partial charge in [-0.25, -0.2) is 0 Å². The highest BCUT2D eigenvalue weighted by atomic mass is 32.2. The van der Waals surface area contributed by atoms with Gasteiger partial charge in [0, 0.05) is 0 Å². The summed E-state index contributed by atoms with van der Waals surface area (Å²) in [6, 6.07) is 11.6. The maximum Gasteiger partial charge on any atom is 0.264 e. The molecular weight excluding hydrogens is 388 g/mol. The van der Waals surface area contributed by atoms with Gasteiger partial charge in [-0.15, -0.1) is 0 Å². The van der Waals surface area contributed by atoms with Gasteiger partial charge in [0.25, 0.3) is 5.91 Å². The zero-order valence-corrected chi connectivity index (χ0v) is 17.5. The number of aryl methyl sites for hydroxylation is 2. The first kappa shape index (κ1) is 20.8. The molecule has 29 heavy (non-hydrogen) atoms. The lowest BCUT2D eigenvalue weighted by atomic mass is 10.1. The van der Waals surface area contributed by atoms with Gasteiger partial charge < -0.3 is 19.5 Å². The SMILES string of the molecule is CCOc1cc(C=C2SC(=N)NC2=O)ccc1OCCOc1cc(C)cc(C)c1. The van der Waals surface area contributed by atoms with Crippen LogP contribution in [-0.4, -0.2) is 30.9 Å². The van der Waals surface area contributed by atoms with Crippen LogP contribution in [0.2, 0.25) is 0 Å². The Morgan fingerprint density at radius 3 is 2.38 bits per heavy atom. The molecule has 1 fully saturated rings. The number of carbonyl (C=O) groups is 1. The number of amidine groups is 1. The molecule has 0 bridgehead atoms. The summed E-state index contributed by atoms with van der Waals surface area (Å²) in [5.41, 5.74) is 3.13. The highest BCUT2D eigenvalue weighted by molar-refractivity contribution is 8.18. The molecule has 0 aliphatic carbocycles. The average molecular weight is 413 g/mol. The predicted molar refractivity (Wildman–Crippen MR) is 116 cm³/mol. The van der Waals surface area contributed by atoms with Crippen molar-refractivity contribution < 1.29 is 19.0 Å². The summed E-state index contributed by atoms with van der Waals surface area (Å²) >= 11 is 1.10. The summed E-state index contributed by atoms with van der Waals surface area (Å²) in [4.78, 5) is 12.3. The molecule has 2 N–H and O–H groups in total. The molecule has 152 valence electrons. The Morgan fingerprint density at radius 2 is 1.72 bits per heavy atom. The van der Waals surface area contributed by atoms with Gasteiger partial charge >= 0.3 is 0 Å². The van der Waals surface area contributed by atoms with Crippen molar-refractivity contribution in [2.24, 2.45) is 0 Å². The topological polar surface area (TPSA) is 80.6 Å². The summed E-state index contributed by atoms with van der Waals surface area (Å²) in [5.74, 6) is 1.79. The van der Waals surface area contributed by atoms with Gasteiger partial charge in [-0.3, -0.25) is 10.2 Å². The monoisotopic (exact) mass is 412 g/mol. The van der Waals surface area contributed by atoms with E-state index in [9.17, 15) is 4.79 Å². The third kappa shape index (κ3) is 5.77. The van der Waals surface area contributed by atoms with Crippen LogP contribution >= 0.6 is 11.8 Å². The van der Waals surface area contributed by atoms with E-state index in [4.69, 9.17) is 19.6 Å². The molecule has 2 aromatic carbocycles. The molecule has 7 heteroatoms. The van der Waals surface area contributed by atoms with Crippen molar-refractivity contribution in [3.05, 3.63) is 58.0 Å². The zero-order chi connectivity index (χ0) is 20.8. The molecule has 2 aromatic rings. The van der Waals surface area contributed by atoms with Gasteiger partial charge in [0.1, 0.15) is 19.0 Å². The lowest BCUT2D eigenvalue weighted by Crippen LogP contribution is -2.18. The molecule has 1 saturated heterocycles. The van der Waals surface area contributed by atoms with E-state index in [-0.39, 0.29) is 11.1 Å². The van der Waals surface area contributed by atoms with Gasteiger partial charge in [-0.2, -0.15) is 0 Å². The van der Waals surface area contributed by atoms with Gasteiger partial charge in [0.15, 0.2) is 16.7 Å². The first-order valence-electron chi connectivity index (χ1n) is 9.35. The van der Waals surface area contributed by atoms with Crippen LogP contribution in [0.5, 0.6) is 17.2 Å². The van der Waals surface area contributed by atoms with Crippen LogP contribution in [0, 0.1) is 19.3 Å². The Hall–Kier alpha value is -2.93. The molecular formula is C22H24N2O4S. The van der Waals surface area contributed by atoms with E-state index < -0.39 is 0 Å². The number of thioether (sulfide) groups is 1. The quantitative estimate of drug-likeness (QED) is 0.499. The lowest BCUT2D eigenvalue weighted by Gasteiger charge is -2.13. The van der Waals surface area contributed by atoms with Crippen molar-refractivity contribution in [3.8, 4) is 17.2 Å². The first-order chi connectivity index (χ1) is 13.9. The molecule has 0 saturated carbocycles. The summed E-state index contributed by atoms with van der Waals surface area (Å²) in [6.07, 6.45) is 1.73. The second-order valence-corrected chi connectivity index (χ2v) is 7.61. The van der Waals surface area contributed by atoms with Crippen LogP contribution in [-0.2, 0) is 4.79 Å². The summed E-state index contributed by atoms with van der Waals surface area (Å²) in [6.45, 7) is 7.27. The van der Waals surface area contributed by atoms with E-state index in [1.807, 2.05) is 51.1 Å². The Morgan fingerprint density at radius 1 is 1.00 bits per heavy atom. The molecule has 1 aliphatic heterocycles. The molecule has 0 radical (unpaired) electrons. The first-order valence-corrected chi connectivity index (χ1v) is 10.2. The van der Waals surface area contributed by atoms with E-state index >= 15 is 0 Å². The molecule has 0 atom stereocenters. The minimum Gasteiger partial charge on any atom is -0.490 e. The van der Waals surface area contributed by atoms with Crippen molar-refractivity contribution in [1.82, 2.24) is 5.32 Å². The molecule has 0 aromatic heterocycles. The van der Waals surface area contributed by atoms with Crippen molar-refractivity contribution in [2.75, 3.05) is 19.8 Å². The number of rotatable bonds is 8. The average Bonchev–Trinajstić information content (AvgIpc) is 2.96. The van der Waals surface area contributed by atoms with Crippen molar-refractivity contribution in [1.29, 1.82) is 5.41 Å². The second kappa shape index (κ2) is 9.52. The number of hydrogen-bond donors (Lipinski definition) is 2. The van der Waals surface area contributed by atoms with Crippen molar-refractivity contribution in [2.45, 2.75) is 20.8 Å². The summed E-state index contributed by atoms with van der Waals surface area (Å²) in [7, 11) is 0. The molecule has 1 heterocycles. The Balaban J connectivity index is 1.63. The zero-order valence-electron chi connectivity index (χ0n) is 16.7. The van der Waals surface area contributed by atoms with Crippen molar-refractivity contribution >= 4 is 28.9 Å². The largest absolute Gasteiger partial charge is 0.490 e. The highest BCUT2D eigenvalue weighted by Gasteiger charge is 2.22. The van der Waals surface area contributed by atoms with Gasteiger partial charge in [-0.1, -0.05) is 12.1 Å². The minimum absolute atomic E-state index is 0.134. The number of nitrogens with one attached hydrogen (secondary N) is 2. The Kier molecular flexibility index (Phi) is 6.82. The molecule has 1 amide bonds. The molecule has 3 rings (SSSR count). The maximum absolute atomic E-state index is 11.8. The van der Waals surface area contributed by atoms with Crippen LogP contribution in [0.15, 0.2) is 41.3 Å². The van der Waals surface area contributed by atoms with E-state index in [0.717, 1.165) is 34.2 Å². The fourth-order valence-electron chi connectivity index (χ4n) is 2.92. The number of hydrogen-bond acceptors (Lipinski definition) is 6.